The molecule has 5 nitrogen and oxygen atoms in total. The number of rotatable bonds is 8. The first-order valence-corrected chi connectivity index (χ1v) is 12.9. The molecule has 0 saturated carbocycles. The maximum Gasteiger partial charge on any atom is 0.271 e. The molecule has 1 amide bonds. The van der Waals surface area contributed by atoms with E-state index in [1.54, 1.807) is 47.8 Å². The van der Waals surface area contributed by atoms with Gasteiger partial charge in [-0.25, -0.2) is 12.8 Å². The molecule has 0 aliphatic rings. The van der Waals surface area contributed by atoms with Crippen LogP contribution < -0.4 is 10.0 Å². The molecule has 32 heavy (non-hydrogen) atoms. The Kier molecular flexibility index (Phi) is 6.69. The van der Waals surface area contributed by atoms with E-state index in [4.69, 9.17) is 0 Å². The van der Waals surface area contributed by atoms with Gasteiger partial charge in [-0.2, -0.15) is 0 Å². The molecule has 0 saturated heterocycles. The van der Waals surface area contributed by atoms with Crippen LogP contribution in [-0.2, 0) is 21.2 Å². The van der Waals surface area contributed by atoms with Crippen LogP contribution in [0.5, 0.6) is 0 Å². The molecule has 4 rings (SSSR count). The number of amides is 1. The molecular formula is C23H19FN2O3S3. The summed E-state index contributed by atoms with van der Waals surface area (Å²) in [4.78, 5) is 13.7. The lowest BCUT2D eigenvalue weighted by molar-refractivity contribution is -0.120. The van der Waals surface area contributed by atoms with Crippen LogP contribution >= 0.6 is 22.7 Å². The minimum absolute atomic E-state index is 0.126. The van der Waals surface area contributed by atoms with Gasteiger partial charge in [0, 0.05) is 10.6 Å². The highest BCUT2D eigenvalue weighted by Gasteiger charge is 2.19. The van der Waals surface area contributed by atoms with Gasteiger partial charge in [0.05, 0.1) is 12.5 Å². The van der Waals surface area contributed by atoms with Gasteiger partial charge in [0.1, 0.15) is 10.0 Å². The number of carbonyl (C=O) groups is 1. The molecule has 2 aromatic heterocycles. The first-order chi connectivity index (χ1) is 15.4. The van der Waals surface area contributed by atoms with E-state index >= 15 is 0 Å². The summed E-state index contributed by atoms with van der Waals surface area (Å²) in [6.45, 7) is 0. The van der Waals surface area contributed by atoms with E-state index in [0.29, 0.717) is 5.69 Å². The number of carbonyl (C=O) groups excluding carboxylic acids is 1. The second kappa shape index (κ2) is 9.64. The molecule has 0 radical (unpaired) electrons. The van der Waals surface area contributed by atoms with E-state index in [1.807, 2.05) is 17.5 Å². The van der Waals surface area contributed by atoms with Crippen LogP contribution in [0.15, 0.2) is 87.8 Å². The number of benzene rings is 2. The molecule has 4 aromatic rings. The van der Waals surface area contributed by atoms with Gasteiger partial charge in [0.25, 0.3) is 10.0 Å². The number of halogens is 1. The molecule has 2 aromatic carbocycles. The number of thiophene rings is 2. The van der Waals surface area contributed by atoms with Crippen LogP contribution in [0.2, 0.25) is 0 Å². The highest BCUT2D eigenvalue weighted by Crippen LogP contribution is 2.26. The quantitative estimate of drug-likeness (QED) is 0.360. The number of hydrogen-bond acceptors (Lipinski definition) is 5. The summed E-state index contributed by atoms with van der Waals surface area (Å²) in [5.41, 5.74) is 1.96. The normalized spacial score (nSPS) is 12.3. The Hall–Kier alpha value is -3.01. The van der Waals surface area contributed by atoms with Crippen molar-refractivity contribution < 1.29 is 17.6 Å². The SMILES string of the molecule is O=C(Cc1ccc(NS(=O)(=O)c2cccs2)cc1)NC(c1ccc(F)cc1)c1cccs1. The van der Waals surface area contributed by atoms with Gasteiger partial charge in [-0.3, -0.25) is 9.52 Å². The largest absolute Gasteiger partial charge is 0.344 e. The van der Waals surface area contributed by atoms with Gasteiger partial charge in [-0.15, -0.1) is 22.7 Å². The third-order valence-corrected chi connectivity index (χ3v) is 8.38. The van der Waals surface area contributed by atoms with Gasteiger partial charge >= 0.3 is 0 Å². The van der Waals surface area contributed by atoms with Crippen LogP contribution in [0.4, 0.5) is 10.1 Å². The first kappa shape index (κ1) is 22.2. The maximum atomic E-state index is 13.3. The molecular weight excluding hydrogens is 467 g/mol. The Morgan fingerprint density at radius 2 is 1.59 bits per heavy atom. The maximum absolute atomic E-state index is 13.3. The monoisotopic (exact) mass is 486 g/mol. The van der Waals surface area contributed by atoms with Crippen molar-refractivity contribution in [1.29, 1.82) is 0 Å². The van der Waals surface area contributed by atoms with Crippen molar-refractivity contribution in [1.82, 2.24) is 5.32 Å². The zero-order valence-corrected chi connectivity index (χ0v) is 19.1. The van der Waals surface area contributed by atoms with E-state index in [2.05, 4.69) is 10.0 Å². The summed E-state index contributed by atoms with van der Waals surface area (Å²) < 4.78 is 40.8. The van der Waals surface area contributed by atoms with Gasteiger partial charge < -0.3 is 5.32 Å². The first-order valence-electron chi connectivity index (χ1n) is 9.64. The van der Waals surface area contributed by atoms with Gasteiger partial charge in [0.15, 0.2) is 0 Å². The van der Waals surface area contributed by atoms with Crippen molar-refractivity contribution in [2.45, 2.75) is 16.7 Å². The zero-order valence-electron chi connectivity index (χ0n) is 16.7. The summed E-state index contributed by atoms with van der Waals surface area (Å²) in [6.07, 6.45) is 0.126. The second-order valence-electron chi connectivity index (χ2n) is 6.98. The van der Waals surface area contributed by atoms with E-state index in [-0.39, 0.29) is 28.4 Å². The molecule has 2 heterocycles. The lowest BCUT2D eigenvalue weighted by Gasteiger charge is -2.18. The van der Waals surface area contributed by atoms with Crippen molar-refractivity contribution in [3.63, 3.8) is 0 Å². The van der Waals surface area contributed by atoms with E-state index in [9.17, 15) is 17.6 Å². The summed E-state index contributed by atoms with van der Waals surface area (Å²) in [5.74, 6) is -0.528. The Morgan fingerprint density at radius 1 is 0.906 bits per heavy atom. The number of nitrogens with one attached hydrogen (secondary N) is 2. The summed E-state index contributed by atoms with van der Waals surface area (Å²) >= 11 is 2.65. The van der Waals surface area contributed by atoms with Crippen molar-refractivity contribution in [2.24, 2.45) is 0 Å². The van der Waals surface area contributed by atoms with Crippen LogP contribution in [0.25, 0.3) is 0 Å². The molecule has 0 bridgehead atoms. The van der Waals surface area contributed by atoms with Crippen molar-refractivity contribution >= 4 is 44.3 Å². The van der Waals surface area contributed by atoms with E-state index in [1.165, 1.54) is 29.5 Å². The topological polar surface area (TPSA) is 75.3 Å². The zero-order chi connectivity index (χ0) is 22.6. The Balaban J connectivity index is 1.43. The van der Waals surface area contributed by atoms with Crippen molar-refractivity contribution in [3.8, 4) is 0 Å². The molecule has 1 atom stereocenters. The third-order valence-electron chi connectivity index (χ3n) is 4.67. The van der Waals surface area contributed by atoms with Crippen LogP contribution in [-0.4, -0.2) is 14.3 Å². The van der Waals surface area contributed by atoms with E-state index in [0.717, 1.165) is 27.3 Å². The minimum atomic E-state index is -3.62. The lowest BCUT2D eigenvalue weighted by atomic mass is 10.0. The molecule has 1 unspecified atom stereocenters. The molecule has 0 aliphatic heterocycles. The summed E-state index contributed by atoms with van der Waals surface area (Å²) in [6, 6.07) is 19.4. The predicted molar refractivity (Wildman–Crippen MR) is 126 cm³/mol. The second-order valence-corrected chi connectivity index (χ2v) is 10.8. The fraction of sp³-hybridized carbons (Fsp3) is 0.0870. The lowest BCUT2D eigenvalue weighted by Crippen LogP contribution is -2.30. The van der Waals surface area contributed by atoms with Gasteiger partial charge in [0.2, 0.25) is 5.91 Å². The average molecular weight is 487 g/mol. The fourth-order valence-electron chi connectivity index (χ4n) is 3.14. The predicted octanol–water partition coefficient (Wildman–Crippen LogP) is 5.20. The average Bonchev–Trinajstić information content (AvgIpc) is 3.49. The molecule has 0 fully saturated rings. The molecule has 2 N–H and O–H groups in total. The summed E-state index contributed by atoms with van der Waals surface area (Å²) in [5, 5.41) is 6.64. The van der Waals surface area contributed by atoms with Gasteiger partial charge in [-0.1, -0.05) is 36.4 Å². The number of sulfonamides is 1. The van der Waals surface area contributed by atoms with Crippen LogP contribution in [0.1, 0.15) is 22.0 Å². The Bertz CT molecular complexity index is 1270. The van der Waals surface area contributed by atoms with Crippen LogP contribution in [0, 0.1) is 5.82 Å². The molecule has 0 aliphatic carbocycles. The van der Waals surface area contributed by atoms with Crippen molar-refractivity contribution in [3.05, 3.63) is 105 Å². The molecule has 9 heteroatoms. The summed E-state index contributed by atoms with van der Waals surface area (Å²) in [7, 11) is -3.62. The van der Waals surface area contributed by atoms with E-state index < -0.39 is 10.0 Å². The number of hydrogen-bond donors (Lipinski definition) is 2. The number of anilines is 1. The smallest absolute Gasteiger partial charge is 0.271 e. The Labute approximate surface area is 193 Å². The van der Waals surface area contributed by atoms with Crippen molar-refractivity contribution in [2.75, 3.05) is 4.72 Å². The standard InChI is InChI=1S/C23H19FN2O3S3/c24-18-9-7-17(8-10-18)23(20-3-1-13-30-20)25-21(27)15-16-5-11-19(12-6-16)26-32(28,29)22-4-2-14-31-22/h1-14,23,26H,15H2,(H,25,27). The highest BCUT2D eigenvalue weighted by atomic mass is 32.2. The fourth-order valence-corrected chi connectivity index (χ4v) is 5.99. The highest BCUT2D eigenvalue weighted by molar-refractivity contribution is 7.94. The Morgan fingerprint density at radius 3 is 2.22 bits per heavy atom. The molecule has 0 spiro atoms. The third kappa shape index (κ3) is 5.42. The minimum Gasteiger partial charge on any atom is -0.344 e. The molecule has 164 valence electrons. The van der Waals surface area contributed by atoms with Gasteiger partial charge in [-0.05, 0) is 58.3 Å². The van der Waals surface area contributed by atoms with Crippen LogP contribution in [0.3, 0.4) is 0 Å².